The molecule has 0 aromatic rings. The zero-order valence-electron chi connectivity index (χ0n) is 10.7. The van der Waals surface area contributed by atoms with Gasteiger partial charge in [-0.1, -0.05) is 65.7 Å². The summed E-state index contributed by atoms with van der Waals surface area (Å²) in [5.74, 6) is -0.670. The highest BCUT2D eigenvalue weighted by molar-refractivity contribution is 5.66. The quantitative estimate of drug-likeness (QED) is 0.601. The molecule has 0 aromatic carbocycles. The van der Waals surface area contributed by atoms with Crippen molar-refractivity contribution in [2.24, 2.45) is 0 Å². The summed E-state index contributed by atoms with van der Waals surface area (Å²) in [5, 5.41) is 8.27. The largest absolute Gasteiger partial charge is 0.481 e. The molecule has 0 spiro atoms. The molecule has 2 nitrogen and oxygen atoms in total. The van der Waals surface area contributed by atoms with Crippen molar-refractivity contribution in [2.75, 3.05) is 0 Å². The van der Waals surface area contributed by atoms with Gasteiger partial charge in [-0.15, -0.1) is 0 Å². The van der Waals surface area contributed by atoms with E-state index in [9.17, 15) is 4.79 Å². The summed E-state index contributed by atoms with van der Waals surface area (Å²) in [5.41, 5.74) is 0. The summed E-state index contributed by atoms with van der Waals surface area (Å²) in [6.07, 6.45) is 9.96. The topological polar surface area (TPSA) is 37.3 Å². The van der Waals surface area contributed by atoms with Crippen molar-refractivity contribution in [1.29, 1.82) is 0 Å². The maximum atomic E-state index is 10.0. The second-order valence-corrected chi connectivity index (χ2v) is 3.91. The maximum Gasteiger partial charge on any atom is 0.303 e. The first-order valence-electron chi connectivity index (χ1n) is 6.40. The Morgan fingerprint density at radius 1 is 0.800 bits per heavy atom. The molecule has 0 bridgehead atoms. The molecule has 0 radical (unpaired) electrons. The molecule has 92 valence electrons. The van der Waals surface area contributed by atoms with Gasteiger partial charge in [0.2, 0.25) is 0 Å². The zero-order valence-corrected chi connectivity index (χ0v) is 10.7. The van der Waals surface area contributed by atoms with E-state index in [0.717, 1.165) is 12.8 Å². The van der Waals surface area contributed by atoms with Crippen molar-refractivity contribution in [3.05, 3.63) is 0 Å². The average Bonchev–Trinajstić information content (AvgIpc) is 2.19. The lowest BCUT2D eigenvalue weighted by molar-refractivity contribution is -0.137. The van der Waals surface area contributed by atoms with Gasteiger partial charge in [-0.05, 0) is 6.42 Å². The van der Waals surface area contributed by atoms with Crippen LogP contribution in [0.2, 0.25) is 0 Å². The smallest absolute Gasteiger partial charge is 0.303 e. The van der Waals surface area contributed by atoms with Gasteiger partial charge in [-0.3, -0.25) is 4.79 Å². The van der Waals surface area contributed by atoms with Gasteiger partial charge in [0.15, 0.2) is 0 Å². The van der Waals surface area contributed by atoms with E-state index >= 15 is 0 Å². The van der Waals surface area contributed by atoms with Crippen LogP contribution in [0.1, 0.15) is 78.6 Å². The van der Waals surface area contributed by atoms with Crippen LogP contribution in [0.25, 0.3) is 0 Å². The van der Waals surface area contributed by atoms with Crippen molar-refractivity contribution in [2.45, 2.75) is 78.6 Å². The summed E-state index contributed by atoms with van der Waals surface area (Å²) < 4.78 is 0. The Balaban J connectivity index is 0. The van der Waals surface area contributed by atoms with E-state index in [4.69, 9.17) is 5.11 Å². The van der Waals surface area contributed by atoms with Crippen molar-refractivity contribution < 1.29 is 9.90 Å². The molecule has 0 aliphatic carbocycles. The lowest BCUT2D eigenvalue weighted by atomic mass is 10.1. The molecule has 0 amide bonds. The van der Waals surface area contributed by atoms with Gasteiger partial charge >= 0.3 is 5.97 Å². The van der Waals surface area contributed by atoms with Crippen LogP contribution in [0.5, 0.6) is 0 Å². The predicted octanol–water partition coefficient (Wildman–Crippen LogP) is 4.63. The molecule has 0 aliphatic heterocycles. The van der Waals surface area contributed by atoms with Crippen LogP contribution in [0.4, 0.5) is 0 Å². The van der Waals surface area contributed by atoms with Gasteiger partial charge in [0.25, 0.3) is 0 Å². The lowest BCUT2D eigenvalue weighted by Gasteiger charge is -1.95. The van der Waals surface area contributed by atoms with Crippen LogP contribution in [-0.2, 0) is 4.79 Å². The zero-order chi connectivity index (χ0) is 11.9. The van der Waals surface area contributed by atoms with Crippen molar-refractivity contribution in [3.63, 3.8) is 0 Å². The Labute approximate surface area is 95.1 Å². The first-order valence-corrected chi connectivity index (χ1v) is 6.40. The maximum absolute atomic E-state index is 10.0. The number of hydrogen-bond donors (Lipinski definition) is 1. The summed E-state index contributed by atoms with van der Waals surface area (Å²) in [7, 11) is 0. The van der Waals surface area contributed by atoms with Gasteiger partial charge in [0.1, 0.15) is 0 Å². The third-order valence-electron chi connectivity index (χ3n) is 2.20. The van der Waals surface area contributed by atoms with E-state index in [2.05, 4.69) is 20.8 Å². The molecule has 0 fully saturated rings. The molecule has 2 heteroatoms. The minimum Gasteiger partial charge on any atom is -0.481 e. The molecule has 0 aliphatic rings. The fourth-order valence-corrected chi connectivity index (χ4v) is 1.23. The summed E-state index contributed by atoms with van der Waals surface area (Å²) in [6.45, 7) is 6.57. The highest BCUT2D eigenvalue weighted by Crippen LogP contribution is 2.04. The van der Waals surface area contributed by atoms with Crippen LogP contribution in [-0.4, -0.2) is 11.1 Å². The fourth-order valence-electron chi connectivity index (χ4n) is 1.23. The third-order valence-corrected chi connectivity index (χ3v) is 2.20. The number of carboxylic acid groups (broad SMARTS) is 1. The van der Waals surface area contributed by atoms with Crippen LogP contribution in [0, 0.1) is 0 Å². The molecule has 0 rings (SSSR count). The average molecular weight is 216 g/mol. The molecule has 0 heterocycles. The monoisotopic (exact) mass is 216 g/mol. The van der Waals surface area contributed by atoms with Gasteiger partial charge in [0, 0.05) is 6.42 Å². The number of carbonyl (C=O) groups is 1. The molecule has 0 unspecified atom stereocenters. The minimum atomic E-state index is -0.670. The number of rotatable bonds is 8. The van der Waals surface area contributed by atoms with Crippen molar-refractivity contribution >= 4 is 5.97 Å². The highest BCUT2D eigenvalue weighted by atomic mass is 16.4. The number of hydrogen-bond acceptors (Lipinski definition) is 1. The third kappa shape index (κ3) is 24.7. The van der Waals surface area contributed by atoms with E-state index < -0.39 is 5.97 Å². The standard InChI is InChI=1S/C8H16O2.C5H12/c1-2-3-4-5-6-7-8(9)10;1-3-5-4-2/h2-7H2,1H3,(H,9,10);3-5H2,1-2H3. The Morgan fingerprint density at radius 2 is 1.27 bits per heavy atom. The van der Waals surface area contributed by atoms with Gasteiger partial charge in [-0.2, -0.15) is 0 Å². The Kier molecular flexibility index (Phi) is 17.9. The number of unbranched alkanes of at least 4 members (excludes halogenated alkanes) is 6. The van der Waals surface area contributed by atoms with E-state index in [1.807, 2.05) is 0 Å². The molecule has 0 aromatic heterocycles. The molecular weight excluding hydrogens is 188 g/mol. The first kappa shape index (κ1) is 16.9. The molecular formula is C13H28O2. The van der Waals surface area contributed by atoms with E-state index in [0.29, 0.717) is 6.42 Å². The molecule has 0 saturated carbocycles. The normalized spacial score (nSPS) is 9.27. The summed E-state index contributed by atoms with van der Waals surface area (Å²) in [6, 6.07) is 0. The lowest BCUT2D eigenvalue weighted by Crippen LogP contribution is -1.93. The van der Waals surface area contributed by atoms with Crippen LogP contribution < -0.4 is 0 Å². The van der Waals surface area contributed by atoms with Crippen molar-refractivity contribution in [3.8, 4) is 0 Å². The van der Waals surface area contributed by atoms with Crippen LogP contribution in [0.15, 0.2) is 0 Å². The van der Waals surface area contributed by atoms with Gasteiger partial charge < -0.3 is 5.11 Å². The Bertz CT molecular complexity index is 120. The predicted molar refractivity (Wildman–Crippen MR) is 66.2 cm³/mol. The van der Waals surface area contributed by atoms with Gasteiger partial charge in [0.05, 0.1) is 0 Å². The van der Waals surface area contributed by atoms with E-state index in [1.54, 1.807) is 0 Å². The summed E-state index contributed by atoms with van der Waals surface area (Å²) in [4.78, 5) is 10.0. The molecule has 0 atom stereocenters. The molecule has 0 saturated heterocycles. The molecule has 15 heavy (non-hydrogen) atoms. The van der Waals surface area contributed by atoms with Crippen LogP contribution in [0.3, 0.4) is 0 Å². The fraction of sp³-hybridized carbons (Fsp3) is 0.923. The molecule has 1 N–H and O–H groups in total. The second-order valence-electron chi connectivity index (χ2n) is 3.91. The number of carboxylic acids is 1. The van der Waals surface area contributed by atoms with Crippen molar-refractivity contribution in [1.82, 2.24) is 0 Å². The Morgan fingerprint density at radius 3 is 1.60 bits per heavy atom. The first-order chi connectivity index (χ1) is 7.18. The highest BCUT2D eigenvalue weighted by Gasteiger charge is 1.94. The van der Waals surface area contributed by atoms with E-state index in [-0.39, 0.29) is 0 Å². The second kappa shape index (κ2) is 15.9. The minimum absolute atomic E-state index is 0.337. The van der Waals surface area contributed by atoms with E-state index in [1.165, 1.54) is 38.5 Å². The SMILES string of the molecule is CCCCC.CCCCCCCC(=O)O. The summed E-state index contributed by atoms with van der Waals surface area (Å²) >= 11 is 0. The Hall–Kier alpha value is -0.530. The van der Waals surface area contributed by atoms with Crippen LogP contribution >= 0.6 is 0 Å². The number of aliphatic carboxylic acids is 1. The van der Waals surface area contributed by atoms with Gasteiger partial charge in [-0.25, -0.2) is 0 Å².